The molecule has 0 spiro atoms. The molecule has 0 unspecified atom stereocenters. The number of aryl methyl sites for hydroxylation is 3. The third-order valence-corrected chi connectivity index (χ3v) is 8.21. The Morgan fingerprint density at radius 3 is 2.49 bits per heavy atom. The number of aromatic nitrogens is 2. The molecule has 3 heterocycles. The van der Waals surface area contributed by atoms with Gasteiger partial charge in [-0.05, 0) is 105 Å². The molecule has 1 aliphatic heterocycles. The van der Waals surface area contributed by atoms with E-state index in [1.807, 2.05) is 44.2 Å². The number of hydrogen-bond donors (Lipinski definition) is 2. The van der Waals surface area contributed by atoms with Gasteiger partial charge in [-0.15, -0.1) is 0 Å². The standard InChI is InChI=1S/C29H27BrN4O2S/c1-16-8-9-20(28(35)36)15-25(16)33-18(3)14-22(19(33)4)27-26(24-7-5-6-12-31-24)32-29(37)34(27)21-10-11-23(30)17(2)13-21/h5-15,26-27H,1-4H3,(H,32,37)(H,35,36)/t26-,27-/m0/s1. The Hall–Kier alpha value is -3.49. The lowest BCUT2D eigenvalue weighted by atomic mass is 9.96. The summed E-state index contributed by atoms with van der Waals surface area (Å²) >= 11 is 9.51. The molecule has 0 radical (unpaired) electrons. The third kappa shape index (κ3) is 4.45. The first-order valence-electron chi connectivity index (χ1n) is 12.0. The molecule has 0 saturated carbocycles. The second-order valence-electron chi connectivity index (χ2n) is 9.40. The van der Waals surface area contributed by atoms with Crippen LogP contribution in [0.1, 0.15) is 56.2 Å². The second-order valence-corrected chi connectivity index (χ2v) is 10.6. The van der Waals surface area contributed by atoms with Crippen LogP contribution in [-0.2, 0) is 0 Å². The minimum absolute atomic E-state index is 0.161. The summed E-state index contributed by atoms with van der Waals surface area (Å²) in [4.78, 5) is 18.6. The largest absolute Gasteiger partial charge is 0.478 e. The van der Waals surface area contributed by atoms with Gasteiger partial charge in [-0.2, -0.15) is 0 Å². The monoisotopic (exact) mass is 574 g/mol. The van der Waals surface area contributed by atoms with E-state index in [0.717, 1.165) is 49.6 Å². The van der Waals surface area contributed by atoms with Gasteiger partial charge in [0.1, 0.15) is 0 Å². The van der Waals surface area contributed by atoms with Gasteiger partial charge in [-0.25, -0.2) is 4.79 Å². The van der Waals surface area contributed by atoms with Gasteiger partial charge in [0.05, 0.1) is 23.3 Å². The number of nitrogens with zero attached hydrogens (tertiary/aromatic N) is 3. The number of carboxylic acid groups (broad SMARTS) is 1. The van der Waals surface area contributed by atoms with Crippen LogP contribution in [-0.4, -0.2) is 25.7 Å². The first-order chi connectivity index (χ1) is 17.7. The number of nitrogens with one attached hydrogen (secondary N) is 1. The Morgan fingerprint density at radius 1 is 1.03 bits per heavy atom. The zero-order valence-electron chi connectivity index (χ0n) is 21.0. The van der Waals surface area contributed by atoms with Crippen LogP contribution in [0.4, 0.5) is 5.69 Å². The molecule has 0 bridgehead atoms. The fraction of sp³-hybridized carbons (Fsp3) is 0.207. The van der Waals surface area contributed by atoms with Crippen molar-refractivity contribution in [1.82, 2.24) is 14.9 Å². The maximum absolute atomic E-state index is 11.7. The van der Waals surface area contributed by atoms with E-state index in [0.29, 0.717) is 5.11 Å². The number of anilines is 1. The van der Waals surface area contributed by atoms with Crippen LogP contribution in [0.15, 0.2) is 71.3 Å². The van der Waals surface area contributed by atoms with Crippen LogP contribution in [0.25, 0.3) is 5.69 Å². The lowest BCUT2D eigenvalue weighted by molar-refractivity contribution is 0.0697. The molecule has 0 aliphatic carbocycles. The number of thiocarbonyl (C=S) groups is 1. The highest BCUT2D eigenvalue weighted by atomic mass is 79.9. The van der Waals surface area contributed by atoms with E-state index >= 15 is 0 Å². The molecule has 188 valence electrons. The van der Waals surface area contributed by atoms with E-state index in [1.165, 1.54) is 0 Å². The summed E-state index contributed by atoms with van der Waals surface area (Å²) in [6, 6.07) is 19.2. The molecule has 4 aromatic rings. The van der Waals surface area contributed by atoms with Crippen molar-refractivity contribution in [2.24, 2.45) is 0 Å². The summed E-state index contributed by atoms with van der Waals surface area (Å²) in [6.07, 6.45) is 1.80. The van der Waals surface area contributed by atoms with Crippen LogP contribution in [0.5, 0.6) is 0 Å². The summed E-state index contributed by atoms with van der Waals surface area (Å²) in [5, 5.41) is 13.8. The van der Waals surface area contributed by atoms with Gasteiger partial charge < -0.3 is 19.9 Å². The summed E-state index contributed by atoms with van der Waals surface area (Å²) in [6.45, 7) is 8.19. The van der Waals surface area contributed by atoms with E-state index < -0.39 is 5.97 Å². The number of benzene rings is 2. The van der Waals surface area contributed by atoms with Crippen molar-refractivity contribution in [3.05, 3.63) is 111 Å². The summed E-state index contributed by atoms with van der Waals surface area (Å²) < 4.78 is 3.18. The Kier molecular flexibility index (Phi) is 6.64. The predicted octanol–water partition coefficient (Wildman–Crippen LogP) is 6.74. The number of carboxylic acids is 1. The Labute approximate surface area is 230 Å². The first kappa shape index (κ1) is 25.2. The minimum Gasteiger partial charge on any atom is -0.478 e. The second kappa shape index (κ2) is 9.76. The quantitative estimate of drug-likeness (QED) is 0.257. The molecule has 1 fully saturated rings. The zero-order valence-corrected chi connectivity index (χ0v) is 23.4. The zero-order chi connectivity index (χ0) is 26.4. The SMILES string of the molecule is Cc1cc(N2C(=S)N[C@@H](c3ccccn3)[C@@H]2c2cc(C)n(-c3cc(C(=O)O)ccc3C)c2C)ccc1Br. The van der Waals surface area contributed by atoms with E-state index in [9.17, 15) is 9.90 Å². The maximum atomic E-state index is 11.7. The molecule has 6 nitrogen and oxygen atoms in total. The molecule has 2 aromatic carbocycles. The smallest absolute Gasteiger partial charge is 0.335 e. The molecule has 2 atom stereocenters. The van der Waals surface area contributed by atoms with Crippen molar-refractivity contribution in [3.8, 4) is 5.69 Å². The van der Waals surface area contributed by atoms with Crippen molar-refractivity contribution in [2.75, 3.05) is 4.90 Å². The van der Waals surface area contributed by atoms with Gasteiger partial charge in [0.25, 0.3) is 0 Å². The highest BCUT2D eigenvalue weighted by Crippen LogP contribution is 2.44. The van der Waals surface area contributed by atoms with Crippen LogP contribution >= 0.6 is 28.1 Å². The van der Waals surface area contributed by atoms with E-state index in [1.54, 1.807) is 18.3 Å². The fourth-order valence-electron chi connectivity index (χ4n) is 5.17. The number of aromatic carboxylic acids is 1. The molecular weight excluding hydrogens is 548 g/mol. The topological polar surface area (TPSA) is 70.4 Å². The van der Waals surface area contributed by atoms with Crippen molar-refractivity contribution >= 4 is 44.9 Å². The van der Waals surface area contributed by atoms with Gasteiger partial charge in [-0.1, -0.05) is 28.1 Å². The van der Waals surface area contributed by atoms with Gasteiger partial charge in [0, 0.05) is 33.4 Å². The number of hydrogen-bond acceptors (Lipinski definition) is 3. The first-order valence-corrected chi connectivity index (χ1v) is 13.2. The minimum atomic E-state index is -0.943. The molecular formula is C29H27BrN4O2S. The van der Waals surface area contributed by atoms with Gasteiger partial charge in [0.15, 0.2) is 5.11 Å². The molecule has 2 aromatic heterocycles. The lowest BCUT2D eigenvalue weighted by Crippen LogP contribution is -2.29. The molecule has 8 heteroatoms. The van der Waals surface area contributed by atoms with Crippen LogP contribution < -0.4 is 10.2 Å². The molecule has 0 amide bonds. The normalized spacial score (nSPS) is 17.2. The predicted molar refractivity (Wildman–Crippen MR) is 154 cm³/mol. The molecule has 5 rings (SSSR count). The van der Waals surface area contributed by atoms with E-state index in [4.69, 9.17) is 12.2 Å². The lowest BCUT2D eigenvalue weighted by Gasteiger charge is -2.28. The average molecular weight is 576 g/mol. The van der Waals surface area contributed by atoms with Crippen molar-refractivity contribution in [3.63, 3.8) is 0 Å². The molecule has 2 N–H and O–H groups in total. The Balaban J connectivity index is 1.71. The van der Waals surface area contributed by atoms with Gasteiger partial charge >= 0.3 is 5.97 Å². The number of pyridine rings is 1. The highest BCUT2D eigenvalue weighted by molar-refractivity contribution is 9.10. The van der Waals surface area contributed by atoms with Crippen molar-refractivity contribution in [1.29, 1.82) is 0 Å². The van der Waals surface area contributed by atoms with Crippen LogP contribution in [0.2, 0.25) is 0 Å². The molecule has 1 saturated heterocycles. The Morgan fingerprint density at radius 2 is 1.81 bits per heavy atom. The summed E-state index contributed by atoms with van der Waals surface area (Å²) in [5.74, 6) is -0.943. The van der Waals surface area contributed by atoms with Gasteiger partial charge in [0.2, 0.25) is 0 Å². The van der Waals surface area contributed by atoms with Crippen molar-refractivity contribution < 1.29 is 9.90 Å². The number of halogens is 1. The van der Waals surface area contributed by atoms with Gasteiger partial charge in [-0.3, -0.25) is 4.98 Å². The van der Waals surface area contributed by atoms with Crippen LogP contribution in [0.3, 0.4) is 0 Å². The summed E-state index contributed by atoms with van der Waals surface area (Å²) in [7, 11) is 0. The van der Waals surface area contributed by atoms with Crippen LogP contribution in [0, 0.1) is 27.7 Å². The molecule has 1 aliphatic rings. The fourth-order valence-corrected chi connectivity index (χ4v) is 5.76. The van der Waals surface area contributed by atoms with E-state index in [-0.39, 0.29) is 17.6 Å². The molecule has 37 heavy (non-hydrogen) atoms. The average Bonchev–Trinajstić information content (AvgIpc) is 3.36. The Bertz CT molecular complexity index is 1530. The number of rotatable bonds is 5. The van der Waals surface area contributed by atoms with E-state index in [2.05, 4.69) is 67.7 Å². The maximum Gasteiger partial charge on any atom is 0.335 e. The highest BCUT2D eigenvalue weighted by Gasteiger charge is 2.42. The third-order valence-electron chi connectivity index (χ3n) is 7.00. The van der Waals surface area contributed by atoms with Crippen molar-refractivity contribution in [2.45, 2.75) is 39.8 Å². The summed E-state index contributed by atoms with van der Waals surface area (Å²) in [5.41, 5.74) is 8.28. The number of carbonyl (C=O) groups is 1.